The maximum Gasteiger partial charge on any atom is 0.269 e. The van der Waals surface area contributed by atoms with E-state index < -0.39 is 4.92 Å². The quantitative estimate of drug-likeness (QED) is 0.625. The van der Waals surface area contributed by atoms with E-state index >= 15 is 0 Å². The maximum atomic E-state index is 11.7. The summed E-state index contributed by atoms with van der Waals surface area (Å²) < 4.78 is 4.98. The number of benzene rings is 1. The third-order valence-electron chi connectivity index (χ3n) is 3.03. The summed E-state index contributed by atoms with van der Waals surface area (Å²) in [5.41, 5.74) is 0.865. The van der Waals surface area contributed by atoms with E-state index in [1.807, 2.05) is 0 Å². The van der Waals surface area contributed by atoms with Crippen molar-refractivity contribution in [3.63, 3.8) is 0 Å². The first-order valence-corrected chi connectivity index (χ1v) is 5.89. The van der Waals surface area contributed by atoms with Crippen molar-refractivity contribution in [1.82, 2.24) is 10.2 Å². The minimum atomic E-state index is -0.445. The van der Waals surface area contributed by atoms with Gasteiger partial charge in [-0.15, -0.1) is 0 Å². The fourth-order valence-corrected chi connectivity index (χ4v) is 2.06. The molecule has 102 valence electrons. The average Bonchev–Trinajstić information content (AvgIpc) is 2.78. The van der Waals surface area contributed by atoms with Crippen LogP contribution < -0.4 is 5.32 Å². The van der Waals surface area contributed by atoms with Crippen molar-refractivity contribution < 1.29 is 14.5 Å². The van der Waals surface area contributed by atoms with Crippen molar-refractivity contribution in [2.24, 2.45) is 0 Å². The Hall–Kier alpha value is -1.99. The second-order valence-corrected chi connectivity index (χ2v) is 4.21. The monoisotopic (exact) mass is 265 g/mol. The van der Waals surface area contributed by atoms with Crippen LogP contribution in [0.3, 0.4) is 0 Å². The minimum Gasteiger partial charge on any atom is -0.383 e. The number of nitrogens with zero attached hydrogens (tertiary/aromatic N) is 2. The number of rotatable bonds is 5. The number of methoxy groups -OCH3 is 1. The lowest BCUT2D eigenvalue weighted by Crippen LogP contribution is -2.33. The van der Waals surface area contributed by atoms with Crippen molar-refractivity contribution in [3.8, 4) is 0 Å². The third kappa shape index (κ3) is 2.88. The third-order valence-corrected chi connectivity index (χ3v) is 3.03. The summed E-state index contributed by atoms with van der Waals surface area (Å²) in [6.07, 6.45) is -0.247. The molecule has 0 aliphatic carbocycles. The minimum absolute atomic E-state index is 0.000373. The Morgan fingerprint density at radius 3 is 2.74 bits per heavy atom. The summed E-state index contributed by atoms with van der Waals surface area (Å²) in [5, 5.41) is 13.7. The molecular weight excluding hydrogens is 250 g/mol. The number of carbonyl (C=O) groups is 1. The Labute approximate surface area is 110 Å². The number of ether oxygens (including phenoxy) is 1. The molecule has 1 N–H and O–H groups in total. The lowest BCUT2D eigenvalue weighted by atomic mass is 10.1. The summed E-state index contributed by atoms with van der Waals surface area (Å²) in [7, 11) is 1.58. The van der Waals surface area contributed by atoms with Crippen molar-refractivity contribution in [2.45, 2.75) is 6.17 Å². The summed E-state index contributed by atoms with van der Waals surface area (Å²) in [5.74, 6) is 0.000373. The van der Waals surface area contributed by atoms with Gasteiger partial charge in [0, 0.05) is 25.8 Å². The summed E-state index contributed by atoms with van der Waals surface area (Å²) in [6.45, 7) is 1.21. The van der Waals surface area contributed by atoms with Crippen LogP contribution in [0, 0.1) is 10.1 Å². The number of amides is 1. The predicted molar refractivity (Wildman–Crippen MR) is 67.4 cm³/mol. The highest BCUT2D eigenvalue weighted by Crippen LogP contribution is 2.24. The van der Waals surface area contributed by atoms with Crippen LogP contribution in [0.25, 0.3) is 0 Å². The highest BCUT2D eigenvalue weighted by Gasteiger charge is 2.31. The van der Waals surface area contributed by atoms with Crippen LogP contribution >= 0.6 is 0 Å². The van der Waals surface area contributed by atoms with Gasteiger partial charge in [-0.3, -0.25) is 20.2 Å². The van der Waals surface area contributed by atoms with Gasteiger partial charge in [0.2, 0.25) is 5.91 Å². The highest BCUT2D eigenvalue weighted by atomic mass is 16.6. The Balaban J connectivity index is 2.15. The number of hydrogen-bond donors (Lipinski definition) is 1. The van der Waals surface area contributed by atoms with Crippen LogP contribution in [0.2, 0.25) is 0 Å². The standard InChI is InChI=1S/C12H15N3O4/c1-19-7-6-14-11(16)8-13-12(14)9-2-4-10(5-3-9)15(17)18/h2-5,12-13H,6-8H2,1H3. The van der Waals surface area contributed by atoms with Gasteiger partial charge in [0.1, 0.15) is 6.17 Å². The van der Waals surface area contributed by atoms with Gasteiger partial charge in [-0.2, -0.15) is 0 Å². The molecule has 1 atom stereocenters. The Bertz CT molecular complexity index is 474. The smallest absolute Gasteiger partial charge is 0.269 e. The Morgan fingerprint density at radius 2 is 2.16 bits per heavy atom. The number of nitro groups is 1. The van der Waals surface area contributed by atoms with Crippen LogP contribution in [0.15, 0.2) is 24.3 Å². The zero-order valence-electron chi connectivity index (χ0n) is 10.5. The number of nitro benzene ring substituents is 1. The molecule has 19 heavy (non-hydrogen) atoms. The molecule has 1 aliphatic rings. The number of nitrogens with one attached hydrogen (secondary N) is 1. The topological polar surface area (TPSA) is 84.7 Å². The van der Waals surface area contributed by atoms with E-state index in [4.69, 9.17) is 4.74 Å². The van der Waals surface area contributed by atoms with E-state index in [2.05, 4.69) is 5.32 Å². The van der Waals surface area contributed by atoms with E-state index in [9.17, 15) is 14.9 Å². The van der Waals surface area contributed by atoms with E-state index in [0.717, 1.165) is 5.56 Å². The summed E-state index contributed by atoms with van der Waals surface area (Å²) >= 11 is 0. The largest absolute Gasteiger partial charge is 0.383 e. The normalized spacial score (nSPS) is 18.9. The number of non-ortho nitro benzene ring substituents is 1. The molecule has 1 aromatic rings. The molecule has 7 nitrogen and oxygen atoms in total. The first-order chi connectivity index (χ1) is 9.13. The van der Waals surface area contributed by atoms with Gasteiger partial charge >= 0.3 is 0 Å². The zero-order chi connectivity index (χ0) is 13.8. The molecule has 1 aromatic carbocycles. The number of hydrogen-bond acceptors (Lipinski definition) is 5. The molecule has 0 bridgehead atoms. The van der Waals surface area contributed by atoms with Crippen molar-refractivity contribution >= 4 is 11.6 Å². The van der Waals surface area contributed by atoms with Gasteiger partial charge in [-0.1, -0.05) is 0 Å². The van der Waals surface area contributed by atoms with Crippen molar-refractivity contribution in [3.05, 3.63) is 39.9 Å². The molecule has 2 rings (SSSR count). The average molecular weight is 265 g/mol. The molecule has 0 radical (unpaired) electrons. The van der Waals surface area contributed by atoms with Gasteiger partial charge in [0.05, 0.1) is 18.1 Å². The van der Waals surface area contributed by atoms with Crippen LogP contribution in [0.4, 0.5) is 5.69 Å². The van der Waals surface area contributed by atoms with E-state index in [-0.39, 0.29) is 24.3 Å². The van der Waals surface area contributed by atoms with Gasteiger partial charge in [0.15, 0.2) is 0 Å². The van der Waals surface area contributed by atoms with Gasteiger partial charge in [0.25, 0.3) is 5.69 Å². The molecular formula is C12H15N3O4. The van der Waals surface area contributed by atoms with Crippen molar-refractivity contribution in [2.75, 3.05) is 26.8 Å². The number of carbonyl (C=O) groups excluding carboxylic acids is 1. The molecule has 1 fully saturated rings. The molecule has 1 saturated heterocycles. The van der Waals surface area contributed by atoms with E-state index in [1.165, 1.54) is 12.1 Å². The lowest BCUT2D eigenvalue weighted by molar-refractivity contribution is -0.384. The fourth-order valence-electron chi connectivity index (χ4n) is 2.06. The zero-order valence-corrected chi connectivity index (χ0v) is 10.5. The van der Waals surface area contributed by atoms with E-state index in [1.54, 1.807) is 24.1 Å². The van der Waals surface area contributed by atoms with Crippen LogP contribution in [-0.4, -0.2) is 42.5 Å². The van der Waals surface area contributed by atoms with Crippen molar-refractivity contribution in [1.29, 1.82) is 0 Å². The lowest BCUT2D eigenvalue weighted by Gasteiger charge is -2.24. The van der Waals surface area contributed by atoms with Crippen LogP contribution in [0.5, 0.6) is 0 Å². The van der Waals surface area contributed by atoms with Gasteiger partial charge < -0.3 is 9.64 Å². The molecule has 0 spiro atoms. The van der Waals surface area contributed by atoms with Crippen LogP contribution in [-0.2, 0) is 9.53 Å². The highest BCUT2D eigenvalue weighted by molar-refractivity contribution is 5.81. The summed E-state index contributed by atoms with van der Waals surface area (Å²) in [6, 6.07) is 6.20. The van der Waals surface area contributed by atoms with Gasteiger partial charge in [-0.05, 0) is 17.7 Å². The molecule has 7 heteroatoms. The fraction of sp³-hybridized carbons (Fsp3) is 0.417. The first kappa shape index (κ1) is 13.4. The summed E-state index contributed by atoms with van der Waals surface area (Å²) in [4.78, 5) is 23.6. The second-order valence-electron chi connectivity index (χ2n) is 4.21. The molecule has 1 unspecified atom stereocenters. The molecule has 0 aromatic heterocycles. The molecule has 1 aliphatic heterocycles. The first-order valence-electron chi connectivity index (χ1n) is 5.89. The molecule has 1 amide bonds. The van der Waals surface area contributed by atoms with Gasteiger partial charge in [-0.25, -0.2) is 0 Å². The molecule has 1 heterocycles. The SMILES string of the molecule is COCCN1C(=O)CNC1c1ccc([N+](=O)[O-])cc1. The maximum absolute atomic E-state index is 11.7. The van der Waals surface area contributed by atoms with E-state index in [0.29, 0.717) is 13.2 Å². The van der Waals surface area contributed by atoms with Crippen LogP contribution in [0.1, 0.15) is 11.7 Å². The Kier molecular flexibility index (Phi) is 4.08. The predicted octanol–water partition coefficient (Wildman–Crippen LogP) is 0.672. The Morgan fingerprint density at radius 1 is 1.47 bits per heavy atom. The molecule has 0 saturated carbocycles. The second kappa shape index (κ2) is 5.77.